The topological polar surface area (TPSA) is 63.6 Å². The van der Waals surface area contributed by atoms with Gasteiger partial charge in [0.05, 0.1) is 11.8 Å². The van der Waals surface area contributed by atoms with Crippen LogP contribution in [0.15, 0.2) is 0 Å². The maximum atomic E-state index is 12.8. The number of ether oxygens (including phenoxy) is 1. The Labute approximate surface area is 171 Å². The molecule has 0 aliphatic heterocycles. The third-order valence-electron chi connectivity index (χ3n) is 6.98. The second-order valence-electron chi connectivity index (χ2n) is 9.28. The maximum Gasteiger partial charge on any atom is 0.309 e. The van der Waals surface area contributed by atoms with Crippen molar-refractivity contribution in [2.75, 3.05) is 0 Å². The Balaban J connectivity index is 1.74. The number of carboxylic acids is 1. The zero-order valence-corrected chi connectivity index (χ0v) is 18.1. The third kappa shape index (κ3) is 7.75. The predicted octanol–water partition coefficient (Wildman–Crippen LogP) is 6.65. The lowest BCUT2D eigenvalue weighted by molar-refractivity contribution is -0.172. The first-order valence-electron chi connectivity index (χ1n) is 12.0. The lowest BCUT2D eigenvalue weighted by Gasteiger charge is -2.38. The summed E-state index contributed by atoms with van der Waals surface area (Å²) in [6.07, 6.45) is 19.6. The van der Waals surface area contributed by atoms with Crippen molar-refractivity contribution >= 4 is 11.9 Å². The summed E-state index contributed by atoms with van der Waals surface area (Å²) in [6.45, 7) is 2.25. The molecule has 0 aromatic heterocycles. The summed E-state index contributed by atoms with van der Waals surface area (Å²) in [5.41, 5.74) is -0.235. The van der Waals surface area contributed by atoms with Gasteiger partial charge in [-0.15, -0.1) is 0 Å². The average molecular weight is 395 g/mol. The smallest absolute Gasteiger partial charge is 0.309 e. The first kappa shape index (κ1) is 23.2. The van der Waals surface area contributed by atoms with Crippen molar-refractivity contribution in [2.24, 2.45) is 11.8 Å². The van der Waals surface area contributed by atoms with E-state index in [1.54, 1.807) is 0 Å². The predicted molar refractivity (Wildman–Crippen MR) is 112 cm³/mol. The molecule has 2 saturated carbocycles. The summed E-state index contributed by atoms with van der Waals surface area (Å²) in [5, 5.41) is 9.15. The highest BCUT2D eigenvalue weighted by atomic mass is 16.6. The van der Waals surface area contributed by atoms with E-state index in [-0.39, 0.29) is 23.4 Å². The molecule has 1 N–H and O–H groups in total. The molecule has 0 radical (unpaired) electrons. The highest BCUT2D eigenvalue weighted by Crippen LogP contribution is 2.38. The molecule has 2 fully saturated rings. The summed E-state index contributed by atoms with van der Waals surface area (Å²) < 4.78 is 6.19. The van der Waals surface area contributed by atoms with Crippen molar-refractivity contribution in [3.8, 4) is 0 Å². The molecule has 4 heteroatoms. The van der Waals surface area contributed by atoms with Gasteiger partial charge in [0.1, 0.15) is 5.60 Å². The number of esters is 1. The molecule has 2 aliphatic carbocycles. The second kappa shape index (κ2) is 12.5. The van der Waals surface area contributed by atoms with E-state index in [1.807, 2.05) is 0 Å². The first-order chi connectivity index (χ1) is 13.6. The lowest BCUT2D eigenvalue weighted by atomic mass is 9.79. The minimum absolute atomic E-state index is 0.0506. The molecule has 0 saturated heterocycles. The first-order valence-corrected chi connectivity index (χ1v) is 12.0. The highest BCUT2D eigenvalue weighted by Gasteiger charge is 2.38. The SMILES string of the molecule is CCCCCCCCCCC1(OC(=O)C2CCC(C(=O)O)CC2)CCCCC1. The van der Waals surface area contributed by atoms with Gasteiger partial charge in [-0.1, -0.05) is 58.3 Å². The van der Waals surface area contributed by atoms with Crippen molar-refractivity contribution in [3.05, 3.63) is 0 Å². The van der Waals surface area contributed by atoms with E-state index in [1.165, 1.54) is 51.4 Å². The van der Waals surface area contributed by atoms with Gasteiger partial charge in [0.2, 0.25) is 0 Å². The van der Waals surface area contributed by atoms with Gasteiger partial charge in [-0.3, -0.25) is 9.59 Å². The zero-order valence-electron chi connectivity index (χ0n) is 18.1. The fourth-order valence-electron chi connectivity index (χ4n) is 5.05. The fourth-order valence-corrected chi connectivity index (χ4v) is 5.05. The Hall–Kier alpha value is -1.06. The molecule has 2 rings (SSSR count). The number of carbonyl (C=O) groups is 2. The van der Waals surface area contributed by atoms with Crippen LogP contribution >= 0.6 is 0 Å². The molecule has 0 atom stereocenters. The maximum absolute atomic E-state index is 12.8. The molecular weight excluding hydrogens is 352 g/mol. The van der Waals surface area contributed by atoms with Crippen LogP contribution in [0.5, 0.6) is 0 Å². The summed E-state index contributed by atoms with van der Waals surface area (Å²) in [6, 6.07) is 0. The van der Waals surface area contributed by atoms with Crippen LogP contribution in [0.1, 0.15) is 122 Å². The summed E-state index contributed by atoms with van der Waals surface area (Å²) in [4.78, 5) is 23.9. The van der Waals surface area contributed by atoms with Crippen LogP contribution in [0.4, 0.5) is 0 Å². The molecule has 0 heterocycles. The van der Waals surface area contributed by atoms with Crippen LogP contribution < -0.4 is 0 Å². The average Bonchev–Trinajstić information content (AvgIpc) is 2.70. The molecule has 28 heavy (non-hydrogen) atoms. The second-order valence-corrected chi connectivity index (χ2v) is 9.28. The van der Waals surface area contributed by atoms with Crippen molar-refractivity contribution in [2.45, 2.75) is 128 Å². The number of rotatable bonds is 12. The number of hydrogen-bond acceptors (Lipinski definition) is 3. The molecule has 0 aromatic rings. The third-order valence-corrected chi connectivity index (χ3v) is 6.98. The number of unbranched alkanes of at least 4 members (excludes halogenated alkanes) is 7. The van der Waals surface area contributed by atoms with E-state index in [9.17, 15) is 9.59 Å². The summed E-state index contributed by atoms with van der Waals surface area (Å²) in [7, 11) is 0. The Kier molecular flexibility index (Phi) is 10.4. The van der Waals surface area contributed by atoms with Gasteiger partial charge in [-0.25, -0.2) is 0 Å². The zero-order chi connectivity index (χ0) is 20.2. The minimum atomic E-state index is -0.717. The number of hydrogen-bond donors (Lipinski definition) is 1. The molecule has 0 unspecified atom stereocenters. The minimum Gasteiger partial charge on any atom is -0.481 e. The van der Waals surface area contributed by atoms with Crippen LogP contribution in [-0.4, -0.2) is 22.6 Å². The summed E-state index contributed by atoms with van der Waals surface area (Å²) in [5.74, 6) is -1.13. The Bertz CT molecular complexity index is 459. The van der Waals surface area contributed by atoms with E-state index < -0.39 is 5.97 Å². The van der Waals surface area contributed by atoms with Crippen LogP contribution in [0, 0.1) is 11.8 Å². The van der Waals surface area contributed by atoms with Crippen molar-refractivity contribution in [3.63, 3.8) is 0 Å². The summed E-state index contributed by atoms with van der Waals surface area (Å²) >= 11 is 0. The van der Waals surface area contributed by atoms with E-state index in [0.29, 0.717) is 25.7 Å². The Morgan fingerprint density at radius 1 is 0.821 bits per heavy atom. The van der Waals surface area contributed by atoms with E-state index >= 15 is 0 Å². The highest BCUT2D eigenvalue weighted by molar-refractivity contribution is 5.74. The molecule has 4 nitrogen and oxygen atoms in total. The van der Waals surface area contributed by atoms with Gasteiger partial charge in [-0.05, 0) is 64.2 Å². The molecule has 0 amide bonds. The van der Waals surface area contributed by atoms with Crippen molar-refractivity contribution < 1.29 is 19.4 Å². The van der Waals surface area contributed by atoms with Crippen LogP contribution in [-0.2, 0) is 14.3 Å². The van der Waals surface area contributed by atoms with Gasteiger partial charge < -0.3 is 9.84 Å². The normalized spacial score (nSPS) is 24.6. The largest absolute Gasteiger partial charge is 0.481 e. The number of carboxylic acid groups (broad SMARTS) is 1. The van der Waals surface area contributed by atoms with Crippen LogP contribution in [0.2, 0.25) is 0 Å². The van der Waals surface area contributed by atoms with Gasteiger partial charge >= 0.3 is 11.9 Å². The standard InChI is InChI=1S/C24H42O4/c1-2-3-4-5-6-7-8-10-17-24(18-11-9-12-19-24)28-23(27)21-15-13-20(14-16-21)22(25)26/h20-21H,2-19H2,1H3,(H,25,26). The van der Waals surface area contributed by atoms with Crippen LogP contribution in [0.3, 0.4) is 0 Å². The van der Waals surface area contributed by atoms with Crippen molar-refractivity contribution in [1.29, 1.82) is 0 Å². The quantitative estimate of drug-likeness (QED) is 0.297. The van der Waals surface area contributed by atoms with Crippen molar-refractivity contribution in [1.82, 2.24) is 0 Å². The van der Waals surface area contributed by atoms with E-state index in [4.69, 9.17) is 9.84 Å². The van der Waals surface area contributed by atoms with Gasteiger partial charge in [0.15, 0.2) is 0 Å². The lowest BCUT2D eigenvalue weighted by Crippen LogP contribution is -2.40. The molecule has 0 bridgehead atoms. The monoisotopic (exact) mass is 394 g/mol. The van der Waals surface area contributed by atoms with Gasteiger partial charge in [-0.2, -0.15) is 0 Å². The molecular formula is C24H42O4. The van der Waals surface area contributed by atoms with Gasteiger partial charge in [0.25, 0.3) is 0 Å². The number of carbonyl (C=O) groups excluding carboxylic acids is 1. The Morgan fingerprint density at radius 2 is 1.36 bits per heavy atom. The Morgan fingerprint density at radius 3 is 1.93 bits per heavy atom. The molecule has 0 aromatic carbocycles. The molecule has 0 spiro atoms. The van der Waals surface area contributed by atoms with Crippen LogP contribution in [0.25, 0.3) is 0 Å². The molecule has 2 aliphatic rings. The van der Waals surface area contributed by atoms with E-state index in [2.05, 4.69) is 6.92 Å². The fraction of sp³-hybridized carbons (Fsp3) is 0.917. The number of aliphatic carboxylic acids is 1. The van der Waals surface area contributed by atoms with E-state index in [0.717, 1.165) is 38.5 Å². The van der Waals surface area contributed by atoms with Gasteiger partial charge in [0, 0.05) is 0 Å². The molecule has 162 valence electrons.